The fourth-order valence-electron chi connectivity index (χ4n) is 4.72. The Morgan fingerprint density at radius 2 is 1.70 bits per heavy atom. The Morgan fingerprint density at radius 1 is 1.00 bits per heavy atom. The van der Waals surface area contributed by atoms with E-state index in [-0.39, 0.29) is 0 Å². The molecule has 1 unspecified atom stereocenters. The molecule has 1 atom stereocenters. The Bertz CT molecular complexity index is 1030. The number of rotatable bonds is 5. The fraction of sp³-hybridized carbons (Fsp3) is 0.308. The summed E-state index contributed by atoms with van der Waals surface area (Å²) in [6.45, 7) is 2.94. The molecule has 3 aliphatic heterocycles. The van der Waals surface area contributed by atoms with Gasteiger partial charge in [-0.05, 0) is 37.4 Å². The second-order valence-corrected chi connectivity index (χ2v) is 8.50. The standard InChI is InChI=1S/C26H27N3O/c30-26(19-29-15-12-23(26)13-16-29)14-11-22-18-27-25(21-9-5-2-6-10-21)28-24(22)17-20-7-3-1-4-8-20/h1-11,14,18,23,30H,12-13,15-17,19H2. The molecule has 2 bridgehead atoms. The van der Waals surface area contributed by atoms with Gasteiger partial charge in [-0.25, -0.2) is 9.97 Å². The molecule has 2 aromatic carbocycles. The lowest BCUT2D eigenvalue weighted by atomic mass is 9.75. The van der Waals surface area contributed by atoms with E-state index in [4.69, 9.17) is 4.98 Å². The summed E-state index contributed by atoms with van der Waals surface area (Å²) >= 11 is 0. The maximum Gasteiger partial charge on any atom is 0.159 e. The van der Waals surface area contributed by atoms with Gasteiger partial charge in [0.2, 0.25) is 0 Å². The van der Waals surface area contributed by atoms with Crippen LogP contribution in [-0.4, -0.2) is 45.2 Å². The van der Waals surface area contributed by atoms with Crippen LogP contribution in [0.4, 0.5) is 0 Å². The first-order valence-electron chi connectivity index (χ1n) is 10.8. The zero-order valence-corrected chi connectivity index (χ0v) is 17.1. The van der Waals surface area contributed by atoms with Crippen molar-refractivity contribution in [2.75, 3.05) is 19.6 Å². The molecule has 0 spiro atoms. The third-order valence-corrected chi connectivity index (χ3v) is 6.47. The molecule has 0 radical (unpaired) electrons. The Labute approximate surface area is 177 Å². The van der Waals surface area contributed by atoms with E-state index in [0.29, 0.717) is 5.92 Å². The zero-order valence-electron chi connectivity index (χ0n) is 17.1. The van der Waals surface area contributed by atoms with E-state index in [1.165, 1.54) is 5.56 Å². The molecule has 30 heavy (non-hydrogen) atoms. The van der Waals surface area contributed by atoms with Gasteiger partial charge in [-0.1, -0.05) is 72.8 Å². The van der Waals surface area contributed by atoms with Crippen LogP contribution in [0.5, 0.6) is 0 Å². The minimum absolute atomic E-state index is 0.348. The number of benzene rings is 2. The number of hydrogen-bond acceptors (Lipinski definition) is 4. The summed E-state index contributed by atoms with van der Waals surface area (Å²) in [5.41, 5.74) is 3.43. The number of fused-ring (bicyclic) bond motifs is 3. The lowest BCUT2D eigenvalue weighted by Crippen LogP contribution is -2.58. The largest absolute Gasteiger partial charge is 0.384 e. The quantitative estimate of drug-likeness (QED) is 0.701. The number of piperidine rings is 3. The fourth-order valence-corrected chi connectivity index (χ4v) is 4.72. The third kappa shape index (κ3) is 3.93. The molecular weight excluding hydrogens is 370 g/mol. The smallest absolute Gasteiger partial charge is 0.159 e. The molecule has 1 aromatic heterocycles. The van der Waals surface area contributed by atoms with Crippen molar-refractivity contribution in [1.29, 1.82) is 0 Å². The van der Waals surface area contributed by atoms with Crippen LogP contribution < -0.4 is 0 Å². The molecule has 3 aromatic rings. The minimum atomic E-state index is -0.751. The van der Waals surface area contributed by atoms with Crippen LogP contribution in [0, 0.1) is 5.92 Å². The zero-order chi connectivity index (χ0) is 20.4. The SMILES string of the molecule is OC1(C=Cc2cnc(-c3ccccc3)nc2Cc2ccccc2)CN2CCC1CC2. The first-order valence-corrected chi connectivity index (χ1v) is 10.8. The Balaban J connectivity index is 1.49. The normalized spacial score (nSPS) is 25.6. The number of nitrogens with zero attached hydrogens (tertiary/aromatic N) is 3. The van der Waals surface area contributed by atoms with Crippen molar-refractivity contribution < 1.29 is 5.11 Å². The molecule has 0 aliphatic carbocycles. The van der Waals surface area contributed by atoms with Crippen LogP contribution in [0.3, 0.4) is 0 Å². The summed E-state index contributed by atoms with van der Waals surface area (Å²) in [7, 11) is 0. The topological polar surface area (TPSA) is 49.3 Å². The molecule has 152 valence electrons. The van der Waals surface area contributed by atoms with Gasteiger partial charge in [0.1, 0.15) is 0 Å². The van der Waals surface area contributed by atoms with Crippen molar-refractivity contribution in [1.82, 2.24) is 14.9 Å². The molecule has 1 N–H and O–H groups in total. The van der Waals surface area contributed by atoms with Gasteiger partial charge in [0.25, 0.3) is 0 Å². The molecule has 0 saturated carbocycles. The predicted molar refractivity (Wildman–Crippen MR) is 120 cm³/mol. The second-order valence-electron chi connectivity index (χ2n) is 8.50. The first kappa shape index (κ1) is 19.2. The van der Waals surface area contributed by atoms with Gasteiger partial charge in [-0.3, -0.25) is 0 Å². The highest BCUT2D eigenvalue weighted by molar-refractivity contribution is 5.59. The van der Waals surface area contributed by atoms with Crippen molar-refractivity contribution >= 4 is 6.08 Å². The van der Waals surface area contributed by atoms with Crippen molar-refractivity contribution in [3.05, 3.63) is 89.8 Å². The van der Waals surface area contributed by atoms with Crippen LogP contribution in [0.2, 0.25) is 0 Å². The summed E-state index contributed by atoms with van der Waals surface area (Å²) < 4.78 is 0. The maximum atomic E-state index is 11.3. The van der Waals surface area contributed by atoms with Crippen molar-refractivity contribution in [2.24, 2.45) is 5.92 Å². The molecule has 3 aliphatic rings. The Morgan fingerprint density at radius 3 is 2.37 bits per heavy atom. The van der Waals surface area contributed by atoms with Gasteiger partial charge in [-0.15, -0.1) is 0 Å². The minimum Gasteiger partial charge on any atom is -0.384 e. The van der Waals surface area contributed by atoms with Crippen LogP contribution in [-0.2, 0) is 6.42 Å². The van der Waals surface area contributed by atoms with E-state index >= 15 is 0 Å². The molecule has 6 rings (SSSR count). The summed E-state index contributed by atoms with van der Waals surface area (Å²) in [6.07, 6.45) is 8.81. The van der Waals surface area contributed by atoms with E-state index in [0.717, 1.165) is 61.5 Å². The van der Waals surface area contributed by atoms with Crippen molar-refractivity contribution in [3.8, 4) is 11.4 Å². The predicted octanol–water partition coefficient (Wildman–Crippen LogP) is 4.20. The molecule has 4 heteroatoms. The molecule has 3 fully saturated rings. The summed E-state index contributed by atoms with van der Waals surface area (Å²) in [4.78, 5) is 11.9. The third-order valence-electron chi connectivity index (χ3n) is 6.47. The van der Waals surface area contributed by atoms with Gasteiger partial charge in [0, 0.05) is 30.3 Å². The lowest BCUT2D eigenvalue weighted by Gasteiger charge is -2.49. The molecule has 4 nitrogen and oxygen atoms in total. The van der Waals surface area contributed by atoms with Gasteiger partial charge in [0.15, 0.2) is 5.82 Å². The van der Waals surface area contributed by atoms with Crippen molar-refractivity contribution in [3.63, 3.8) is 0 Å². The highest BCUT2D eigenvalue weighted by atomic mass is 16.3. The molecular formula is C26H27N3O. The Hall–Kier alpha value is -2.82. The van der Waals surface area contributed by atoms with Gasteiger partial charge in [-0.2, -0.15) is 0 Å². The lowest BCUT2D eigenvalue weighted by molar-refractivity contribution is -0.0775. The first-order chi connectivity index (χ1) is 14.7. The van der Waals surface area contributed by atoms with E-state index in [2.05, 4.69) is 34.1 Å². The number of aliphatic hydroxyl groups is 1. The van der Waals surface area contributed by atoms with E-state index in [1.807, 2.05) is 54.7 Å². The highest BCUT2D eigenvalue weighted by Gasteiger charge is 2.43. The van der Waals surface area contributed by atoms with E-state index < -0.39 is 5.60 Å². The Kier molecular flexibility index (Phi) is 5.19. The van der Waals surface area contributed by atoms with Crippen LogP contribution in [0.15, 0.2) is 72.9 Å². The molecule has 0 amide bonds. The number of hydrogen-bond donors (Lipinski definition) is 1. The molecule has 3 saturated heterocycles. The highest BCUT2D eigenvalue weighted by Crippen LogP contribution is 2.37. The second kappa shape index (κ2) is 8.13. The average Bonchev–Trinajstić information content (AvgIpc) is 2.80. The van der Waals surface area contributed by atoms with Crippen LogP contribution in [0.1, 0.15) is 29.7 Å². The number of aromatic nitrogens is 2. The van der Waals surface area contributed by atoms with Gasteiger partial charge >= 0.3 is 0 Å². The van der Waals surface area contributed by atoms with Gasteiger partial charge in [0.05, 0.1) is 11.3 Å². The monoisotopic (exact) mass is 397 g/mol. The summed E-state index contributed by atoms with van der Waals surface area (Å²) in [6, 6.07) is 20.5. The van der Waals surface area contributed by atoms with Crippen LogP contribution in [0.25, 0.3) is 17.5 Å². The molecule has 4 heterocycles. The van der Waals surface area contributed by atoms with E-state index in [1.54, 1.807) is 0 Å². The van der Waals surface area contributed by atoms with Gasteiger partial charge < -0.3 is 10.0 Å². The average molecular weight is 398 g/mol. The van der Waals surface area contributed by atoms with Crippen LogP contribution >= 0.6 is 0 Å². The maximum absolute atomic E-state index is 11.3. The summed E-state index contributed by atoms with van der Waals surface area (Å²) in [5, 5.41) is 11.3. The summed E-state index contributed by atoms with van der Waals surface area (Å²) in [5.74, 6) is 1.08. The van der Waals surface area contributed by atoms with E-state index in [9.17, 15) is 5.11 Å². The van der Waals surface area contributed by atoms with Crippen molar-refractivity contribution in [2.45, 2.75) is 24.9 Å².